The second-order valence-electron chi connectivity index (χ2n) is 11.5. The van der Waals surface area contributed by atoms with E-state index < -0.39 is 31.0 Å². The SMILES string of the molecule is CCOC1O[C@@H]2[C@H](O1)[C@@H](CO)O[C@H]2n1cnc2c(Nc3ccc(CC(=O)Nc4ccc(CC(=O)NCCNC(C)=O)cc4)cc3)ncnc21. The predicted molar refractivity (Wildman–Crippen MR) is 175 cm³/mol. The number of benzene rings is 2. The highest BCUT2D eigenvalue weighted by atomic mass is 16.9. The number of imidazole rings is 1. The molecule has 16 nitrogen and oxygen atoms in total. The fraction of sp³-hybridized carbons (Fsp3) is 0.394. The van der Waals surface area contributed by atoms with E-state index in [-0.39, 0.29) is 37.2 Å². The molecule has 16 heteroatoms. The van der Waals surface area contributed by atoms with Gasteiger partial charge in [-0.3, -0.25) is 19.0 Å². The number of amides is 3. The van der Waals surface area contributed by atoms with Crippen molar-refractivity contribution in [2.45, 2.75) is 57.7 Å². The highest BCUT2D eigenvalue weighted by molar-refractivity contribution is 5.92. The monoisotopic (exact) mass is 674 g/mol. The standard InChI is InChI=1S/C33H38N8O8/c1-3-46-33-48-28-24(16-42)47-32(29(28)49-33)41-18-38-27-30(36-17-37-31(27)41)40-23-10-6-21(7-11-23)15-26(45)39-22-8-4-20(5-9-22)14-25(44)35-13-12-34-19(2)43/h4-11,17-18,24,28-29,32-33,42H,3,12-16H2,1-2H3,(H,34,43)(H,35,44)(H,39,45)(H,36,37,40)/t24-,28-,29-,32-,33?/m1/s1. The Morgan fingerprint density at radius 3 is 2.22 bits per heavy atom. The van der Waals surface area contributed by atoms with Crippen molar-refractivity contribution < 1.29 is 38.4 Å². The molecule has 5 N–H and O–H groups in total. The number of hydrogen-bond donors (Lipinski definition) is 5. The van der Waals surface area contributed by atoms with Gasteiger partial charge in [0.2, 0.25) is 17.7 Å². The van der Waals surface area contributed by atoms with E-state index in [9.17, 15) is 19.5 Å². The van der Waals surface area contributed by atoms with Crippen LogP contribution in [0.4, 0.5) is 17.2 Å². The minimum absolute atomic E-state index is 0.146. The van der Waals surface area contributed by atoms with Gasteiger partial charge in [0.1, 0.15) is 24.6 Å². The minimum atomic E-state index is -0.844. The molecule has 2 aromatic carbocycles. The van der Waals surface area contributed by atoms with Crippen molar-refractivity contribution in [3.63, 3.8) is 0 Å². The lowest BCUT2D eigenvalue weighted by Gasteiger charge is -2.20. The summed E-state index contributed by atoms with van der Waals surface area (Å²) in [6, 6.07) is 14.5. The van der Waals surface area contributed by atoms with Crippen molar-refractivity contribution in [1.82, 2.24) is 30.2 Å². The lowest BCUT2D eigenvalue weighted by atomic mass is 10.1. The van der Waals surface area contributed by atoms with Gasteiger partial charge in [0.25, 0.3) is 6.48 Å². The number of aliphatic hydroxyl groups is 1. The molecule has 0 spiro atoms. The van der Waals surface area contributed by atoms with Gasteiger partial charge in [-0.05, 0) is 42.3 Å². The van der Waals surface area contributed by atoms with Crippen LogP contribution in [0.15, 0.2) is 61.2 Å². The summed E-state index contributed by atoms with van der Waals surface area (Å²) in [6.45, 7) is 3.31. The van der Waals surface area contributed by atoms with E-state index in [1.807, 2.05) is 31.2 Å². The molecule has 4 heterocycles. The van der Waals surface area contributed by atoms with Gasteiger partial charge in [-0.25, -0.2) is 15.0 Å². The molecule has 5 atom stereocenters. The summed E-state index contributed by atoms with van der Waals surface area (Å²) in [5, 5.41) is 21.4. The Bertz CT molecular complexity index is 1770. The molecule has 2 aliphatic rings. The van der Waals surface area contributed by atoms with E-state index in [1.165, 1.54) is 13.3 Å². The van der Waals surface area contributed by atoms with Gasteiger partial charge < -0.3 is 45.3 Å². The van der Waals surface area contributed by atoms with Crippen molar-refractivity contribution in [2.75, 3.05) is 36.9 Å². The highest BCUT2D eigenvalue weighted by Crippen LogP contribution is 2.40. The van der Waals surface area contributed by atoms with Crippen molar-refractivity contribution >= 4 is 46.1 Å². The first kappa shape index (κ1) is 33.9. The van der Waals surface area contributed by atoms with Crippen LogP contribution in [-0.4, -0.2) is 93.4 Å². The van der Waals surface area contributed by atoms with Crippen LogP contribution in [-0.2, 0) is 46.2 Å². The molecule has 0 bridgehead atoms. The number of ether oxygens (including phenoxy) is 4. The summed E-state index contributed by atoms with van der Waals surface area (Å²) in [5.41, 5.74) is 3.98. The zero-order valence-electron chi connectivity index (χ0n) is 27.0. The molecule has 258 valence electrons. The van der Waals surface area contributed by atoms with E-state index in [0.29, 0.717) is 42.4 Å². The van der Waals surface area contributed by atoms with Gasteiger partial charge in [-0.1, -0.05) is 24.3 Å². The zero-order chi connectivity index (χ0) is 34.3. The molecule has 6 rings (SSSR count). The van der Waals surface area contributed by atoms with Crippen LogP contribution in [0.2, 0.25) is 0 Å². The Kier molecular flexibility index (Phi) is 10.7. The van der Waals surface area contributed by atoms with Crippen LogP contribution in [0.25, 0.3) is 11.2 Å². The predicted octanol–water partition coefficient (Wildman–Crippen LogP) is 1.54. The van der Waals surface area contributed by atoms with E-state index in [1.54, 1.807) is 35.2 Å². The summed E-state index contributed by atoms with van der Waals surface area (Å²) in [4.78, 5) is 49.1. The Morgan fingerprint density at radius 2 is 1.53 bits per heavy atom. The number of aliphatic hydroxyl groups excluding tert-OH is 1. The second-order valence-corrected chi connectivity index (χ2v) is 11.5. The number of fused-ring (bicyclic) bond motifs is 2. The van der Waals surface area contributed by atoms with E-state index >= 15 is 0 Å². The molecule has 0 saturated carbocycles. The number of anilines is 3. The molecule has 4 aromatic rings. The fourth-order valence-corrected chi connectivity index (χ4v) is 5.65. The molecule has 2 aromatic heterocycles. The Balaban J connectivity index is 1.02. The van der Waals surface area contributed by atoms with Gasteiger partial charge in [0, 0.05) is 38.0 Å². The molecule has 2 fully saturated rings. The number of nitrogens with one attached hydrogen (secondary N) is 4. The Labute approximate surface area is 281 Å². The molecule has 0 aliphatic carbocycles. The topological polar surface area (TPSA) is 200 Å². The largest absolute Gasteiger partial charge is 0.394 e. The van der Waals surface area contributed by atoms with Gasteiger partial charge >= 0.3 is 0 Å². The van der Waals surface area contributed by atoms with Crippen LogP contribution in [0.3, 0.4) is 0 Å². The highest BCUT2D eigenvalue weighted by Gasteiger charge is 2.54. The first-order chi connectivity index (χ1) is 23.8. The number of hydrogen-bond acceptors (Lipinski definition) is 12. The number of carbonyl (C=O) groups is 3. The molecule has 2 aliphatic heterocycles. The van der Waals surface area contributed by atoms with Gasteiger partial charge in [-0.15, -0.1) is 0 Å². The third-order valence-corrected chi connectivity index (χ3v) is 7.94. The normalized spacial score (nSPS) is 21.3. The van der Waals surface area contributed by atoms with Crippen molar-refractivity contribution in [3.8, 4) is 0 Å². The molecule has 1 unspecified atom stereocenters. The summed E-state index contributed by atoms with van der Waals surface area (Å²) >= 11 is 0. The average molecular weight is 675 g/mol. The lowest BCUT2D eigenvalue weighted by molar-refractivity contribution is -0.265. The summed E-state index contributed by atoms with van der Waals surface area (Å²) < 4.78 is 25.0. The van der Waals surface area contributed by atoms with E-state index in [0.717, 1.165) is 16.8 Å². The molecular weight excluding hydrogens is 636 g/mol. The van der Waals surface area contributed by atoms with Crippen LogP contribution in [0.1, 0.15) is 31.2 Å². The maximum Gasteiger partial charge on any atom is 0.272 e. The van der Waals surface area contributed by atoms with Gasteiger partial charge in [0.15, 0.2) is 23.2 Å². The van der Waals surface area contributed by atoms with Gasteiger partial charge in [-0.2, -0.15) is 0 Å². The Hall–Kier alpha value is -5.00. The molecule has 0 radical (unpaired) electrons. The van der Waals surface area contributed by atoms with E-state index in [2.05, 4.69) is 36.2 Å². The maximum absolute atomic E-state index is 12.7. The molecule has 2 saturated heterocycles. The second kappa shape index (κ2) is 15.5. The minimum Gasteiger partial charge on any atom is -0.394 e. The van der Waals surface area contributed by atoms with Crippen LogP contribution in [0.5, 0.6) is 0 Å². The first-order valence-electron chi connectivity index (χ1n) is 15.9. The fourth-order valence-electron chi connectivity index (χ4n) is 5.65. The zero-order valence-corrected chi connectivity index (χ0v) is 27.0. The Morgan fingerprint density at radius 1 is 0.857 bits per heavy atom. The number of nitrogens with zero attached hydrogens (tertiary/aromatic N) is 4. The van der Waals surface area contributed by atoms with Crippen molar-refractivity contribution in [1.29, 1.82) is 0 Å². The van der Waals surface area contributed by atoms with E-state index in [4.69, 9.17) is 18.9 Å². The smallest absolute Gasteiger partial charge is 0.272 e. The van der Waals surface area contributed by atoms with Gasteiger partial charge in [0.05, 0.1) is 25.8 Å². The van der Waals surface area contributed by atoms with Crippen LogP contribution >= 0.6 is 0 Å². The third-order valence-electron chi connectivity index (χ3n) is 7.94. The number of aromatic nitrogens is 4. The summed E-state index contributed by atoms with van der Waals surface area (Å²) in [7, 11) is 0. The van der Waals surface area contributed by atoms with Crippen molar-refractivity contribution in [3.05, 3.63) is 72.3 Å². The molecular formula is C33H38N8O8. The summed E-state index contributed by atoms with van der Waals surface area (Å²) in [5.74, 6) is -0.00819. The van der Waals surface area contributed by atoms with Crippen molar-refractivity contribution in [2.24, 2.45) is 0 Å². The lowest BCUT2D eigenvalue weighted by Crippen LogP contribution is -2.34. The average Bonchev–Trinajstić information content (AvgIpc) is 3.79. The first-order valence-corrected chi connectivity index (χ1v) is 15.9. The third kappa shape index (κ3) is 8.18. The molecule has 49 heavy (non-hydrogen) atoms. The summed E-state index contributed by atoms with van der Waals surface area (Å²) in [6.07, 6.45) is 1.07. The quantitative estimate of drug-likeness (QED) is 0.121. The number of carbonyl (C=O) groups excluding carboxylic acids is 3. The molecule has 3 amide bonds. The number of rotatable bonds is 14. The van der Waals surface area contributed by atoms with Crippen LogP contribution < -0.4 is 21.3 Å². The maximum atomic E-state index is 12.7. The van der Waals surface area contributed by atoms with Crippen LogP contribution in [0, 0.1) is 0 Å².